The Morgan fingerprint density at radius 1 is 1.22 bits per heavy atom. The number of nitrogens with zero attached hydrogens (tertiary/aromatic N) is 2. The van der Waals surface area contributed by atoms with E-state index in [9.17, 15) is 4.79 Å². The van der Waals surface area contributed by atoms with Gasteiger partial charge >= 0.3 is 0 Å². The summed E-state index contributed by atoms with van der Waals surface area (Å²) >= 11 is 0. The molecule has 0 aliphatic rings. The second-order valence-electron chi connectivity index (χ2n) is 6.78. The molecule has 3 aromatic rings. The standard InChI is InChI=1S/C22H25N3O2/c1-15-11-16(2)17(3)21(12-15)27-18(4)22(26)24-13-19-7-5-6-8-20(19)25-10-9-23-14-25/h5-12,14,18H,13H2,1-4H3,(H,24,26)/t18-/m1/s1. The fourth-order valence-corrected chi connectivity index (χ4v) is 3.01. The SMILES string of the molecule is Cc1cc(C)c(C)c(O[C@H](C)C(=O)NCc2ccccc2-n2ccnc2)c1. The third-order valence-corrected chi connectivity index (χ3v) is 4.66. The molecule has 140 valence electrons. The Kier molecular flexibility index (Phi) is 5.60. The minimum Gasteiger partial charge on any atom is -0.481 e. The van der Waals surface area contributed by atoms with Gasteiger partial charge in [-0.3, -0.25) is 4.79 Å². The number of nitrogens with one attached hydrogen (secondary N) is 1. The van der Waals surface area contributed by atoms with Crippen LogP contribution in [0.3, 0.4) is 0 Å². The number of imidazole rings is 1. The lowest BCUT2D eigenvalue weighted by atomic mass is 10.1. The molecule has 3 rings (SSSR count). The molecule has 0 saturated heterocycles. The Bertz CT molecular complexity index is 933. The fourth-order valence-electron chi connectivity index (χ4n) is 3.01. The number of amides is 1. The van der Waals surface area contributed by atoms with Gasteiger partial charge in [-0.25, -0.2) is 4.98 Å². The van der Waals surface area contributed by atoms with E-state index in [1.807, 2.05) is 61.9 Å². The maximum atomic E-state index is 12.5. The van der Waals surface area contributed by atoms with Gasteiger partial charge in [0, 0.05) is 18.9 Å². The van der Waals surface area contributed by atoms with Crippen LogP contribution in [0.5, 0.6) is 5.75 Å². The number of hydrogen-bond acceptors (Lipinski definition) is 3. The first-order chi connectivity index (χ1) is 13.0. The molecule has 1 atom stereocenters. The molecule has 1 amide bonds. The number of carbonyl (C=O) groups excluding carboxylic acids is 1. The van der Waals surface area contributed by atoms with Crippen molar-refractivity contribution in [1.29, 1.82) is 0 Å². The van der Waals surface area contributed by atoms with Crippen LogP contribution in [0.25, 0.3) is 5.69 Å². The Hall–Kier alpha value is -3.08. The molecular formula is C22H25N3O2. The van der Waals surface area contributed by atoms with Crippen LogP contribution in [0.4, 0.5) is 0 Å². The first-order valence-corrected chi connectivity index (χ1v) is 9.04. The lowest BCUT2D eigenvalue weighted by Gasteiger charge is -2.18. The fraction of sp³-hybridized carbons (Fsp3) is 0.273. The van der Waals surface area contributed by atoms with Crippen LogP contribution in [-0.2, 0) is 11.3 Å². The summed E-state index contributed by atoms with van der Waals surface area (Å²) in [4.78, 5) is 16.6. The van der Waals surface area contributed by atoms with Gasteiger partial charge in [0.15, 0.2) is 6.10 Å². The second kappa shape index (κ2) is 8.08. The van der Waals surface area contributed by atoms with Crippen molar-refractivity contribution in [3.63, 3.8) is 0 Å². The lowest BCUT2D eigenvalue weighted by Crippen LogP contribution is -2.36. The summed E-state index contributed by atoms with van der Waals surface area (Å²) in [7, 11) is 0. The largest absolute Gasteiger partial charge is 0.481 e. The highest BCUT2D eigenvalue weighted by molar-refractivity contribution is 5.80. The predicted octanol–water partition coefficient (Wildman–Crippen LogP) is 3.88. The van der Waals surface area contributed by atoms with Crippen LogP contribution in [-0.4, -0.2) is 21.6 Å². The minimum absolute atomic E-state index is 0.144. The van der Waals surface area contributed by atoms with E-state index in [-0.39, 0.29) is 5.91 Å². The van der Waals surface area contributed by atoms with Gasteiger partial charge in [-0.15, -0.1) is 0 Å². The van der Waals surface area contributed by atoms with E-state index in [2.05, 4.69) is 16.4 Å². The summed E-state index contributed by atoms with van der Waals surface area (Å²) in [6.45, 7) is 8.28. The summed E-state index contributed by atoms with van der Waals surface area (Å²) in [5.41, 5.74) is 5.35. The third-order valence-electron chi connectivity index (χ3n) is 4.66. The zero-order valence-electron chi connectivity index (χ0n) is 16.2. The quantitative estimate of drug-likeness (QED) is 0.723. The molecule has 1 N–H and O–H groups in total. The molecule has 1 heterocycles. The highest BCUT2D eigenvalue weighted by atomic mass is 16.5. The van der Waals surface area contributed by atoms with Crippen molar-refractivity contribution in [2.45, 2.75) is 40.3 Å². The monoisotopic (exact) mass is 363 g/mol. The van der Waals surface area contributed by atoms with Crippen molar-refractivity contribution in [2.75, 3.05) is 0 Å². The van der Waals surface area contributed by atoms with Crippen LogP contribution in [0.1, 0.15) is 29.2 Å². The lowest BCUT2D eigenvalue weighted by molar-refractivity contribution is -0.127. The number of para-hydroxylation sites is 1. The molecule has 0 bridgehead atoms. The van der Waals surface area contributed by atoms with Gasteiger partial charge in [0.05, 0.1) is 12.0 Å². The van der Waals surface area contributed by atoms with Crippen LogP contribution < -0.4 is 10.1 Å². The van der Waals surface area contributed by atoms with Crippen molar-refractivity contribution in [3.05, 3.63) is 77.4 Å². The highest BCUT2D eigenvalue weighted by Gasteiger charge is 2.17. The first kappa shape index (κ1) is 18.7. The predicted molar refractivity (Wildman–Crippen MR) is 106 cm³/mol. The van der Waals surface area contributed by atoms with E-state index >= 15 is 0 Å². The molecule has 0 saturated carbocycles. The maximum absolute atomic E-state index is 12.5. The van der Waals surface area contributed by atoms with Gasteiger partial charge < -0.3 is 14.6 Å². The molecule has 0 spiro atoms. The Morgan fingerprint density at radius 3 is 2.74 bits per heavy atom. The number of rotatable bonds is 6. The van der Waals surface area contributed by atoms with E-state index in [4.69, 9.17) is 4.74 Å². The Labute approximate surface area is 160 Å². The molecular weight excluding hydrogens is 338 g/mol. The smallest absolute Gasteiger partial charge is 0.261 e. The number of carbonyl (C=O) groups is 1. The summed E-state index contributed by atoms with van der Waals surface area (Å²) in [5, 5.41) is 2.97. The molecule has 1 aromatic heterocycles. The van der Waals surface area contributed by atoms with E-state index in [0.717, 1.165) is 33.7 Å². The average molecular weight is 363 g/mol. The molecule has 5 nitrogen and oxygen atoms in total. The third kappa shape index (κ3) is 4.37. The molecule has 0 aliphatic carbocycles. The van der Waals surface area contributed by atoms with Crippen LogP contribution in [0.2, 0.25) is 0 Å². The summed E-state index contributed by atoms with van der Waals surface area (Å²) in [6, 6.07) is 12.0. The van der Waals surface area contributed by atoms with Crippen molar-refractivity contribution in [1.82, 2.24) is 14.9 Å². The maximum Gasteiger partial charge on any atom is 0.261 e. The zero-order valence-corrected chi connectivity index (χ0v) is 16.2. The van der Waals surface area contributed by atoms with Crippen molar-refractivity contribution in [2.24, 2.45) is 0 Å². The molecule has 5 heteroatoms. The number of ether oxygens (including phenoxy) is 1. The molecule has 0 fully saturated rings. The van der Waals surface area contributed by atoms with E-state index in [1.54, 1.807) is 19.4 Å². The molecule has 2 aromatic carbocycles. The van der Waals surface area contributed by atoms with Crippen LogP contribution in [0, 0.1) is 20.8 Å². The van der Waals surface area contributed by atoms with Crippen LogP contribution in [0.15, 0.2) is 55.1 Å². The minimum atomic E-state index is -0.578. The molecule has 0 aliphatic heterocycles. The van der Waals surface area contributed by atoms with Gasteiger partial charge in [-0.2, -0.15) is 0 Å². The van der Waals surface area contributed by atoms with E-state index in [1.165, 1.54) is 0 Å². The zero-order chi connectivity index (χ0) is 19.4. The van der Waals surface area contributed by atoms with Gasteiger partial charge in [0.2, 0.25) is 0 Å². The first-order valence-electron chi connectivity index (χ1n) is 9.04. The Morgan fingerprint density at radius 2 is 2.00 bits per heavy atom. The van der Waals surface area contributed by atoms with Crippen molar-refractivity contribution >= 4 is 5.91 Å². The normalized spacial score (nSPS) is 11.9. The van der Waals surface area contributed by atoms with E-state index < -0.39 is 6.10 Å². The van der Waals surface area contributed by atoms with Crippen molar-refractivity contribution < 1.29 is 9.53 Å². The highest BCUT2D eigenvalue weighted by Crippen LogP contribution is 2.24. The molecule has 0 radical (unpaired) electrons. The Balaban J connectivity index is 1.67. The molecule has 27 heavy (non-hydrogen) atoms. The van der Waals surface area contributed by atoms with Gasteiger partial charge in [0.25, 0.3) is 5.91 Å². The number of aromatic nitrogens is 2. The summed E-state index contributed by atoms with van der Waals surface area (Å²) < 4.78 is 7.86. The summed E-state index contributed by atoms with van der Waals surface area (Å²) in [5.74, 6) is 0.614. The molecule has 0 unspecified atom stereocenters. The number of aryl methyl sites for hydroxylation is 2. The number of hydrogen-bond donors (Lipinski definition) is 1. The average Bonchev–Trinajstić information content (AvgIpc) is 3.18. The van der Waals surface area contributed by atoms with Crippen LogP contribution >= 0.6 is 0 Å². The van der Waals surface area contributed by atoms with Gasteiger partial charge in [0.1, 0.15) is 5.75 Å². The van der Waals surface area contributed by atoms with Crippen molar-refractivity contribution in [3.8, 4) is 11.4 Å². The van der Waals surface area contributed by atoms with E-state index in [0.29, 0.717) is 6.54 Å². The van der Waals surface area contributed by atoms with Gasteiger partial charge in [-0.1, -0.05) is 24.3 Å². The topological polar surface area (TPSA) is 56.1 Å². The number of benzene rings is 2. The second-order valence-corrected chi connectivity index (χ2v) is 6.78. The van der Waals surface area contributed by atoms with Gasteiger partial charge in [-0.05, 0) is 62.1 Å². The summed E-state index contributed by atoms with van der Waals surface area (Å²) in [6.07, 6.45) is 4.78.